The molecule has 1 nitrogen and oxygen atoms in total. The summed E-state index contributed by atoms with van der Waals surface area (Å²) in [7, 11) is 0. The minimum Gasteiger partial charge on any atom is -0.326 e. The summed E-state index contributed by atoms with van der Waals surface area (Å²) in [6.07, 6.45) is 0. The maximum absolute atomic E-state index is 13.9. The van der Waals surface area contributed by atoms with Gasteiger partial charge in [-0.3, -0.25) is 0 Å². The smallest absolute Gasteiger partial charge is 0.148 e. The number of benzene rings is 2. The van der Waals surface area contributed by atoms with E-state index in [1.165, 1.54) is 18.2 Å². The lowest BCUT2D eigenvalue weighted by molar-refractivity contribution is 0.584. The fourth-order valence-electron chi connectivity index (χ4n) is 1.75. The average Bonchev–Trinajstić information content (AvgIpc) is 2.36. The van der Waals surface area contributed by atoms with Gasteiger partial charge in [0.1, 0.15) is 17.5 Å². The lowest BCUT2D eigenvalue weighted by Crippen LogP contribution is -2.02. The van der Waals surface area contributed by atoms with Crippen molar-refractivity contribution in [3.8, 4) is 11.1 Å². The average molecular weight is 316 g/mol. The van der Waals surface area contributed by atoms with Crippen molar-refractivity contribution in [3.63, 3.8) is 0 Å². The van der Waals surface area contributed by atoms with Crippen LogP contribution >= 0.6 is 15.9 Å². The van der Waals surface area contributed by atoms with Crippen molar-refractivity contribution in [2.24, 2.45) is 5.73 Å². The van der Waals surface area contributed by atoms with Gasteiger partial charge < -0.3 is 5.73 Å². The molecule has 94 valence electrons. The molecular weight excluding hydrogens is 307 g/mol. The van der Waals surface area contributed by atoms with E-state index in [-0.39, 0.29) is 22.1 Å². The quantitative estimate of drug-likeness (QED) is 0.833. The third kappa shape index (κ3) is 2.28. The predicted molar refractivity (Wildman–Crippen MR) is 67.3 cm³/mol. The van der Waals surface area contributed by atoms with E-state index in [9.17, 15) is 13.2 Å². The first-order valence-electron chi connectivity index (χ1n) is 5.17. The standard InChI is InChI=1S/C13H9BrF3N/c14-10-3-4-11(16)12(13(10)17)9-2-1-8(15)5-7(9)6-18/h1-5H,6,18H2. The summed E-state index contributed by atoms with van der Waals surface area (Å²) >= 11 is 2.99. The van der Waals surface area contributed by atoms with E-state index in [1.54, 1.807) is 0 Å². The largest absolute Gasteiger partial charge is 0.326 e. The molecule has 5 heteroatoms. The van der Waals surface area contributed by atoms with Gasteiger partial charge in [-0.15, -0.1) is 0 Å². The molecule has 0 aliphatic rings. The van der Waals surface area contributed by atoms with Gasteiger partial charge in [0.25, 0.3) is 0 Å². The van der Waals surface area contributed by atoms with Crippen molar-refractivity contribution >= 4 is 15.9 Å². The van der Waals surface area contributed by atoms with Crippen LogP contribution in [0.15, 0.2) is 34.8 Å². The SMILES string of the molecule is NCc1cc(F)ccc1-c1c(F)ccc(Br)c1F. The Morgan fingerprint density at radius 1 is 1.06 bits per heavy atom. The van der Waals surface area contributed by atoms with Gasteiger partial charge in [-0.1, -0.05) is 6.07 Å². The fraction of sp³-hybridized carbons (Fsp3) is 0.0769. The Balaban J connectivity index is 2.73. The highest BCUT2D eigenvalue weighted by molar-refractivity contribution is 9.10. The van der Waals surface area contributed by atoms with E-state index in [4.69, 9.17) is 5.73 Å². The second-order valence-corrected chi connectivity index (χ2v) is 4.58. The van der Waals surface area contributed by atoms with Crippen LogP contribution in [0.25, 0.3) is 11.1 Å². The minimum absolute atomic E-state index is 0.00150. The number of hydrogen-bond acceptors (Lipinski definition) is 1. The molecule has 2 aromatic carbocycles. The Kier molecular flexibility index (Phi) is 3.73. The van der Waals surface area contributed by atoms with Crippen LogP contribution in [-0.4, -0.2) is 0 Å². The fourth-order valence-corrected chi connectivity index (χ4v) is 2.08. The zero-order chi connectivity index (χ0) is 13.3. The van der Waals surface area contributed by atoms with Crippen molar-refractivity contribution in [3.05, 3.63) is 57.8 Å². The Hall–Kier alpha value is -1.33. The van der Waals surface area contributed by atoms with Crippen LogP contribution in [-0.2, 0) is 6.54 Å². The highest BCUT2D eigenvalue weighted by Crippen LogP contribution is 2.33. The summed E-state index contributed by atoms with van der Waals surface area (Å²) in [5, 5.41) is 0. The van der Waals surface area contributed by atoms with E-state index in [0.717, 1.165) is 12.1 Å². The Bertz CT molecular complexity index is 599. The van der Waals surface area contributed by atoms with Crippen molar-refractivity contribution in [1.29, 1.82) is 0 Å². The van der Waals surface area contributed by atoms with Crippen molar-refractivity contribution in [2.75, 3.05) is 0 Å². The monoisotopic (exact) mass is 315 g/mol. The highest BCUT2D eigenvalue weighted by atomic mass is 79.9. The summed E-state index contributed by atoms with van der Waals surface area (Å²) in [5.41, 5.74) is 5.88. The van der Waals surface area contributed by atoms with E-state index in [1.807, 2.05) is 0 Å². The van der Waals surface area contributed by atoms with Crippen LogP contribution in [0.1, 0.15) is 5.56 Å². The second-order valence-electron chi connectivity index (χ2n) is 3.72. The first kappa shape index (κ1) is 13.1. The number of nitrogens with two attached hydrogens (primary N) is 1. The first-order valence-corrected chi connectivity index (χ1v) is 5.96. The maximum atomic E-state index is 13.9. The molecule has 2 rings (SSSR count). The molecule has 0 heterocycles. The number of rotatable bonds is 2. The molecule has 2 aromatic rings. The molecule has 0 atom stereocenters. The van der Waals surface area contributed by atoms with Crippen LogP contribution in [0.3, 0.4) is 0 Å². The second kappa shape index (κ2) is 5.12. The van der Waals surface area contributed by atoms with E-state index < -0.39 is 17.5 Å². The van der Waals surface area contributed by atoms with E-state index in [0.29, 0.717) is 5.56 Å². The van der Waals surface area contributed by atoms with Gasteiger partial charge in [0, 0.05) is 6.54 Å². The molecule has 0 bridgehead atoms. The van der Waals surface area contributed by atoms with Gasteiger partial charge in [0.15, 0.2) is 0 Å². The third-order valence-electron chi connectivity index (χ3n) is 2.60. The summed E-state index contributed by atoms with van der Waals surface area (Å²) in [5.74, 6) is -1.93. The minimum atomic E-state index is -0.726. The number of halogens is 4. The van der Waals surface area contributed by atoms with Crippen molar-refractivity contribution in [2.45, 2.75) is 6.54 Å². The van der Waals surface area contributed by atoms with Gasteiger partial charge in [-0.25, -0.2) is 13.2 Å². The third-order valence-corrected chi connectivity index (χ3v) is 3.21. The maximum Gasteiger partial charge on any atom is 0.148 e. The van der Waals surface area contributed by atoms with E-state index >= 15 is 0 Å². The summed E-state index contributed by atoms with van der Waals surface area (Å²) in [6.45, 7) is -0.00150. The summed E-state index contributed by atoms with van der Waals surface area (Å²) < 4.78 is 40.9. The molecule has 0 saturated carbocycles. The van der Waals surface area contributed by atoms with Crippen LogP contribution < -0.4 is 5.73 Å². The molecule has 2 N–H and O–H groups in total. The molecule has 18 heavy (non-hydrogen) atoms. The normalized spacial score (nSPS) is 10.7. The summed E-state index contributed by atoms with van der Waals surface area (Å²) in [6, 6.07) is 6.07. The van der Waals surface area contributed by atoms with Gasteiger partial charge in [0.2, 0.25) is 0 Å². The molecule has 0 aliphatic carbocycles. The molecule has 0 unspecified atom stereocenters. The molecular formula is C13H9BrF3N. The lowest BCUT2D eigenvalue weighted by Gasteiger charge is -2.11. The molecule has 0 aliphatic heterocycles. The topological polar surface area (TPSA) is 26.0 Å². The van der Waals surface area contributed by atoms with Gasteiger partial charge in [-0.05, 0) is 51.3 Å². The molecule has 0 fully saturated rings. The van der Waals surface area contributed by atoms with Gasteiger partial charge in [0.05, 0.1) is 10.0 Å². The van der Waals surface area contributed by atoms with Crippen LogP contribution in [0.4, 0.5) is 13.2 Å². The zero-order valence-electron chi connectivity index (χ0n) is 9.18. The predicted octanol–water partition coefficient (Wildman–Crippen LogP) is 3.99. The first-order chi connectivity index (χ1) is 8.54. The van der Waals surface area contributed by atoms with Gasteiger partial charge in [-0.2, -0.15) is 0 Å². The van der Waals surface area contributed by atoms with Gasteiger partial charge >= 0.3 is 0 Å². The molecule has 0 spiro atoms. The van der Waals surface area contributed by atoms with Crippen molar-refractivity contribution in [1.82, 2.24) is 0 Å². The Morgan fingerprint density at radius 2 is 1.78 bits per heavy atom. The highest BCUT2D eigenvalue weighted by Gasteiger charge is 2.17. The number of hydrogen-bond donors (Lipinski definition) is 1. The molecule has 0 aromatic heterocycles. The van der Waals surface area contributed by atoms with E-state index in [2.05, 4.69) is 15.9 Å². The molecule has 0 amide bonds. The molecule has 0 radical (unpaired) electrons. The van der Waals surface area contributed by atoms with Crippen LogP contribution in [0, 0.1) is 17.5 Å². The zero-order valence-corrected chi connectivity index (χ0v) is 10.8. The summed E-state index contributed by atoms with van der Waals surface area (Å²) in [4.78, 5) is 0. The van der Waals surface area contributed by atoms with Crippen molar-refractivity contribution < 1.29 is 13.2 Å². The van der Waals surface area contributed by atoms with Crippen LogP contribution in [0.2, 0.25) is 0 Å². The lowest BCUT2D eigenvalue weighted by atomic mass is 9.98. The van der Waals surface area contributed by atoms with Crippen LogP contribution in [0.5, 0.6) is 0 Å². The Morgan fingerprint density at radius 3 is 2.44 bits per heavy atom. The molecule has 0 saturated heterocycles. The Labute approximate surface area is 111 Å².